The average Bonchev–Trinajstić information content (AvgIpc) is 3.19. The van der Waals surface area contributed by atoms with E-state index >= 15 is 4.39 Å². The van der Waals surface area contributed by atoms with E-state index in [1.165, 1.54) is 19.1 Å². The number of aliphatic hydroxyl groups is 1. The molecule has 0 amide bonds. The molecule has 0 spiro atoms. The zero-order valence-electron chi connectivity index (χ0n) is 22.9. The summed E-state index contributed by atoms with van der Waals surface area (Å²) in [5, 5.41) is 14.1. The molecule has 6 atom stereocenters. The Hall–Kier alpha value is -3.56. The predicted molar refractivity (Wildman–Crippen MR) is 143 cm³/mol. The van der Waals surface area contributed by atoms with Gasteiger partial charge < -0.3 is 19.1 Å². The summed E-state index contributed by atoms with van der Waals surface area (Å²) in [6, 6.07) is 10.0. The molecule has 4 rings (SSSR count). The van der Waals surface area contributed by atoms with Crippen LogP contribution in [-0.2, 0) is 23.4 Å². The van der Waals surface area contributed by atoms with Gasteiger partial charge >= 0.3 is 19.4 Å². The van der Waals surface area contributed by atoms with E-state index in [0.29, 0.717) is 5.39 Å². The summed E-state index contributed by atoms with van der Waals surface area (Å²) < 4.78 is 93.2. The van der Waals surface area contributed by atoms with Crippen molar-refractivity contribution in [1.82, 2.24) is 14.6 Å². The quantitative estimate of drug-likeness (QED) is 0.163. The van der Waals surface area contributed by atoms with Crippen LogP contribution in [0.4, 0.5) is 17.6 Å². The molecule has 1 saturated heterocycles. The Kier molecular flexibility index (Phi) is 9.47. The lowest BCUT2D eigenvalue weighted by atomic mass is 9.98. The van der Waals surface area contributed by atoms with E-state index in [2.05, 4.69) is 5.09 Å². The number of alkyl halides is 3. The fraction of sp³-hybridized carbons (Fsp3) is 0.423. The van der Waals surface area contributed by atoms with Gasteiger partial charge in [-0.2, -0.15) is 9.48 Å². The van der Waals surface area contributed by atoms with Crippen molar-refractivity contribution >= 4 is 24.5 Å². The highest BCUT2D eigenvalue weighted by Gasteiger charge is 2.63. The second-order valence-electron chi connectivity index (χ2n) is 10.0. The third-order valence-electron chi connectivity index (χ3n) is 6.43. The summed E-state index contributed by atoms with van der Waals surface area (Å²) in [5.41, 5.74) is -6.21. The third kappa shape index (κ3) is 6.83. The van der Waals surface area contributed by atoms with Crippen LogP contribution >= 0.6 is 7.75 Å². The standard InChI is InChI=1S/C26H28F4N3O9P/c1-13(2)40-23(36)14(3)32-43(38,42-17-9-8-15-6-4-5-7-16(15)10-17)39-12-26(24(29)30)20(28)19(34)22(41-26)33-11-18(27)21(35)31-25(33)37/h4-11,13-14,19-20,22,24,34H,12H2,1-3H3,(H,32,38)(H,31,35,37)/t14-,19+,20+,22+,26+,43?/m0/s1. The maximum absolute atomic E-state index is 15.4. The first-order valence-corrected chi connectivity index (χ1v) is 14.4. The summed E-state index contributed by atoms with van der Waals surface area (Å²) in [4.78, 5) is 37.5. The molecule has 1 unspecified atom stereocenters. The van der Waals surface area contributed by atoms with Gasteiger partial charge in [-0.05, 0) is 43.7 Å². The molecular formula is C26H28F4N3O9P. The van der Waals surface area contributed by atoms with Gasteiger partial charge in [0.05, 0.1) is 18.9 Å². The Morgan fingerprint density at radius 1 is 1.19 bits per heavy atom. The van der Waals surface area contributed by atoms with Crippen LogP contribution in [0.5, 0.6) is 5.75 Å². The first-order valence-electron chi connectivity index (χ1n) is 12.9. The number of hydrogen-bond acceptors (Lipinski definition) is 9. The van der Waals surface area contributed by atoms with E-state index in [1.807, 2.05) is 0 Å². The first-order chi connectivity index (χ1) is 20.2. The van der Waals surface area contributed by atoms with E-state index in [9.17, 15) is 37.2 Å². The number of fused-ring (bicyclic) bond motifs is 1. The van der Waals surface area contributed by atoms with Crippen molar-refractivity contribution in [2.75, 3.05) is 6.61 Å². The Labute approximate surface area is 241 Å². The van der Waals surface area contributed by atoms with Gasteiger partial charge in [0, 0.05) is 0 Å². The molecule has 43 heavy (non-hydrogen) atoms. The molecule has 0 saturated carbocycles. The summed E-state index contributed by atoms with van der Waals surface area (Å²) in [6.45, 7) is 2.79. The monoisotopic (exact) mass is 633 g/mol. The molecule has 1 aliphatic heterocycles. The highest BCUT2D eigenvalue weighted by atomic mass is 31.2. The van der Waals surface area contributed by atoms with Gasteiger partial charge in [0.2, 0.25) is 5.82 Å². The Bertz CT molecular complexity index is 1650. The summed E-state index contributed by atoms with van der Waals surface area (Å²) in [7, 11) is -4.86. The Morgan fingerprint density at radius 2 is 1.86 bits per heavy atom. The minimum Gasteiger partial charge on any atom is -0.462 e. The maximum atomic E-state index is 15.4. The van der Waals surface area contributed by atoms with Crippen LogP contribution in [0, 0.1) is 5.82 Å². The van der Waals surface area contributed by atoms with Crippen LogP contribution in [0.25, 0.3) is 10.8 Å². The molecule has 2 heterocycles. The van der Waals surface area contributed by atoms with Crippen molar-refractivity contribution in [3.05, 3.63) is 75.3 Å². The number of aromatic nitrogens is 2. The van der Waals surface area contributed by atoms with Gasteiger partial charge in [0.1, 0.15) is 17.9 Å². The fourth-order valence-corrected chi connectivity index (χ4v) is 5.80. The number of rotatable bonds is 11. The molecule has 12 nitrogen and oxygen atoms in total. The topological polar surface area (TPSA) is 158 Å². The molecule has 3 aromatic rings. The van der Waals surface area contributed by atoms with E-state index < -0.39 is 80.1 Å². The highest BCUT2D eigenvalue weighted by Crippen LogP contribution is 2.50. The molecule has 1 fully saturated rings. The number of carbonyl (C=O) groups excluding carboxylic acids is 1. The second-order valence-corrected chi connectivity index (χ2v) is 11.7. The van der Waals surface area contributed by atoms with Crippen molar-refractivity contribution in [3.8, 4) is 5.75 Å². The molecule has 1 aromatic heterocycles. The zero-order chi connectivity index (χ0) is 31.7. The molecule has 0 aliphatic carbocycles. The number of nitrogens with one attached hydrogen (secondary N) is 2. The van der Waals surface area contributed by atoms with Crippen LogP contribution < -0.4 is 20.9 Å². The number of nitrogens with zero attached hydrogens (tertiary/aromatic N) is 1. The number of halogens is 4. The van der Waals surface area contributed by atoms with Crippen LogP contribution in [0.2, 0.25) is 0 Å². The summed E-state index contributed by atoms with van der Waals surface area (Å²) in [5.74, 6) is -2.53. The molecule has 1 aliphatic rings. The van der Waals surface area contributed by atoms with Crippen molar-refractivity contribution < 1.29 is 50.5 Å². The number of aromatic amines is 1. The first kappa shape index (κ1) is 32.4. The van der Waals surface area contributed by atoms with Gasteiger partial charge in [-0.1, -0.05) is 30.3 Å². The predicted octanol–water partition coefficient (Wildman–Crippen LogP) is 3.19. The molecule has 234 valence electrons. The van der Waals surface area contributed by atoms with Gasteiger partial charge in [-0.15, -0.1) is 0 Å². The lowest BCUT2D eigenvalue weighted by Gasteiger charge is -2.31. The van der Waals surface area contributed by atoms with Gasteiger partial charge in [0.25, 0.3) is 12.0 Å². The van der Waals surface area contributed by atoms with Crippen LogP contribution in [0.1, 0.15) is 27.0 Å². The fourth-order valence-electron chi connectivity index (χ4n) is 4.28. The molecular weight excluding hydrogens is 605 g/mol. The smallest absolute Gasteiger partial charge is 0.459 e. The number of aliphatic hydroxyl groups excluding tert-OH is 1. The van der Waals surface area contributed by atoms with Gasteiger partial charge in [0.15, 0.2) is 18.0 Å². The molecule has 3 N–H and O–H groups in total. The number of ether oxygens (including phenoxy) is 2. The summed E-state index contributed by atoms with van der Waals surface area (Å²) >= 11 is 0. The van der Waals surface area contributed by atoms with Crippen LogP contribution in [0.3, 0.4) is 0 Å². The molecule has 2 aromatic carbocycles. The number of esters is 1. The summed E-state index contributed by atoms with van der Waals surface area (Å²) in [6.07, 6.45) is -11.8. The van der Waals surface area contributed by atoms with E-state index in [4.69, 9.17) is 18.5 Å². The number of hydrogen-bond donors (Lipinski definition) is 3. The highest BCUT2D eigenvalue weighted by molar-refractivity contribution is 7.52. The second kappa shape index (κ2) is 12.6. The number of H-pyrrole nitrogens is 1. The van der Waals surface area contributed by atoms with Crippen LogP contribution in [0.15, 0.2) is 58.3 Å². The number of carbonyl (C=O) groups is 1. The lowest BCUT2D eigenvalue weighted by molar-refractivity contribution is -0.183. The molecule has 17 heteroatoms. The van der Waals surface area contributed by atoms with Crippen molar-refractivity contribution in [2.45, 2.75) is 63.4 Å². The van der Waals surface area contributed by atoms with Crippen molar-refractivity contribution in [1.29, 1.82) is 0 Å². The molecule has 0 bridgehead atoms. The minimum absolute atomic E-state index is 0.0811. The lowest BCUT2D eigenvalue weighted by Crippen LogP contribution is -2.51. The largest absolute Gasteiger partial charge is 0.462 e. The minimum atomic E-state index is -4.86. The third-order valence-corrected chi connectivity index (χ3v) is 8.05. The Balaban J connectivity index is 1.66. The van der Waals surface area contributed by atoms with Gasteiger partial charge in [-0.3, -0.25) is 23.7 Å². The van der Waals surface area contributed by atoms with Crippen molar-refractivity contribution in [2.24, 2.45) is 0 Å². The van der Waals surface area contributed by atoms with Crippen LogP contribution in [-0.4, -0.2) is 63.7 Å². The molecule has 0 radical (unpaired) electrons. The zero-order valence-corrected chi connectivity index (χ0v) is 23.8. The number of benzene rings is 2. The maximum Gasteiger partial charge on any atom is 0.459 e. The van der Waals surface area contributed by atoms with Crippen molar-refractivity contribution in [3.63, 3.8) is 0 Å². The van der Waals surface area contributed by atoms with E-state index in [0.717, 1.165) is 5.39 Å². The normalized spacial score (nSPS) is 24.3. The van der Waals surface area contributed by atoms with Gasteiger partial charge in [-0.25, -0.2) is 22.5 Å². The Morgan fingerprint density at radius 3 is 2.51 bits per heavy atom. The van der Waals surface area contributed by atoms with E-state index in [1.54, 1.807) is 49.2 Å². The van der Waals surface area contributed by atoms with E-state index in [-0.39, 0.29) is 16.5 Å². The average molecular weight is 633 g/mol. The SMILES string of the molecule is CC(C)OC(=O)[C@H](C)NP(=O)(OC[C@@]1(C(F)F)O[C@@H](n2cc(F)c(=O)[nH]c2=O)[C@H](O)[C@H]1F)Oc1ccc2ccccc2c1.